The van der Waals surface area contributed by atoms with Gasteiger partial charge in [0.2, 0.25) is 0 Å². The lowest BCUT2D eigenvalue weighted by molar-refractivity contribution is 1.28. The van der Waals surface area contributed by atoms with Gasteiger partial charge in [-0.3, -0.25) is 0 Å². The topological polar surface area (TPSA) is 63.7 Å². The molecule has 0 bridgehead atoms. The third-order valence-electron chi connectivity index (χ3n) is 5.42. The number of nitrogens with zero attached hydrogens (tertiary/aromatic N) is 4. The van der Waals surface area contributed by atoms with Gasteiger partial charge >= 0.3 is 0 Å². The Morgan fingerprint density at radius 2 is 1.25 bits per heavy atom. The number of aromatic nitrogens is 1. The van der Waals surface area contributed by atoms with Crippen LogP contribution < -0.4 is 4.90 Å². The van der Waals surface area contributed by atoms with Crippen molar-refractivity contribution in [3.63, 3.8) is 0 Å². The van der Waals surface area contributed by atoms with Crippen molar-refractivity contribution >= 4 is 44.7 Å². The standard InChI is InChI=1S/C31H18N4S/c32-21-25(22-33)20-31-34-29-18-15-24(19-30(29)36-31)12-11-23-13-16-28(17-14-23)35(26-7-3-1-4-8-26)27-9-5-2-6-10-27/h1-10,13-20H. The van der Waals surface area contributed by atoms with E-state index in [0.717, 1.165) is 38.4 Å². The van der Waals surface area contributed by atoms with E-state index in [1.807, 2.05) is 78.9 Å². The molecular formula is C31H18N4S. The van der Waals surface area contributed by atoms with Crippen LogP contribution in [0.25, 0.3) is 16.3 Å². The second kappa shape index (κ2) is 10.4. The summed E-state index contributed by atoms with van der Waals surface area (Å²) in [4.78, 5) is 6.68. The third kappa shape index (κ3) is 5.01. The van der Waals surface area contributed by atoms with Crippen LogP contribution in [0, 0.1) is 34.5 Å². The monoisotopic (exact) mass is 478 g/mol. The molecule has 1 aromatic heterocycles. The number of nitriles is 2. The quantitative estimate of drug-likeness (QED) is 0.197. The first kappa shape index (κ1) is 22.6. The van der Waals surface area contributed by atoms with Crippen molar-refractivity contribution < 1.29 is 0 Å². The first-order valence-electron chi connectivity index (χ1n) is 11.2. The minimum Gasteiger partial charge on any atom is -0.311 e. The summed E-state index contributed by atoms with van der Waals surface area (Å²) >= 11 is 1.43. The molecule has 0 amide bonds. The van der Waals surface area contributed by atoms with E-state index in [2.05, 4.69) is 58.1 Å². The van der Waals surface area contributed by atoms with E-state index in [1.165, 1.54) is 17.4 Å². The molecule has 0 unspecified atom stereocenters. The molecule has 168 valence electrons. The predicted molar refractivity (Wildman–Crippen MR) is 146 cm³/mol. The summed E-state index contributed by atoms with van der Waals surface area (Å²) in [6.45, 7) is 0. The molecule has 5 aromatic rings. The van der Waals surface area contributed by atoms with Crippen molar-refractivity contribution in [3.05, 3.63) is 125 Å². The van der Waals surface area contributed by atoms with Crippen molar-refractivity contribution in [2.75, 3.05) is 4.90 Å². The zero-order valence-corrected chi connectivity index (χ0v) is 19.9. The summed E-state index contributed by atoms with van der Waals surface area (Å²) < 4.78 is 0.958. The molecule has 0 aliphatic rings. The Kier molecular flexibility index (Phi) is 6.55. The van der Waals surface area contributed by atoms with E-state index in [-0.39, 0.29) is 5.57 Å². The van der Waals surface area contributed by atoms with Crippen LogP contribution in [-0.2, 0) is 0 Å². The van der Waals surface area contributed by atoms with E-state index in [1.54, 1.807) is 0 Å². The Morgan fingerprint density at radius 3 is 1.86 bits per heavy atom. The highest BCUT2D eigenvalue weighted by Crippen LogP contribution is 2.34. The largest absolute Gasteiger partial charge is 0.311 e. The molecule has 36 heavy (non-hydrogen) atoms. The fourth-order valence-electron chi connectivity index (χ4n) is 3.73. The van der Waals surface area contributed by atoms with E-state index in [4.69, 9.17) is 10.5 Å². The predicted octanol–water partition coefficient (Wildman–Crippen LogP) is 7.60. The van der Waals surface area contributed by atoms with Gasteiger partial charge in [-0.1, -0.05) is 48.2 Å². The Hall–Kier alpha value is -5.15. The molecule has 0 N–H and O–H groups in total. The molecule has 0 aliphatic heterocycles. The lowest BCUT2D eigenvalue weighted by Gasteiger charge is -2.25. The number of fused-ring (bicyclic) bond motifs is 1. The average molecular weight is 479 g/mol. The maximum absolute atomic E-state index is 8.96. The molecule has 0 fully saturated rings. The summed E-state index contributed by atoms with van der Waals surface area (Å²) in [6.07, 6.45) is 1.51. The molecule has 0 saturated carbocycles. The molecular weight excluding hydrogens is 460 g/mol. The first-order valence-corrected chi connectivity index (χ1v) is 12.0. The van der Waals surface area contributed by atoms with Crippen LogP contribution in [0.4, 0.5) is 17.1 Å². The second-order valence-corrected chi connectivity index (χ2v) is 8.88. The molecule has 0 spiro atoms. The third-order valence-corrected chi connectivity index (χ3v) is 6.38. The number of benzene rings is 4. The van der Waals surface area contributed by atoms with Gasteiger partial charge in [-0.05, 0) is 66.7 Å². The zero-order valence-electron chi connectivity index (χ0n) is 19.1. The molecule has 1 heterocycles. The van der Waals surface area contributed by atoms with E-state index in [0.29, 0.717) is 5.01 Å². The SMILES string of the molecule is N#CC(C#N)=Cc1nc2ccc(C#Cc3ccc(N(c4ccccc4)c4ccccc4)cc3)cc2s1. The maximum atomic E-state index is 8.96. The normalized spacial score (nSPS) is 9.94. The van der Waals surface area contributed by atoms with Gasteiger partial charge in [0.15, 0.2) is 0 Å². The summed E-state index contributed by atoms with van der Waals surface area (Å²) in [5, 5.41) is 18.6. The van der Waals surface area contributed by atoms with Crippen molar-refractivity contribution in [2.24, 2.45) is 0 Å². The van der Waals surface area contributed by atoms with Gasteiger partial charge in [0.25, 0.3) is 0 Å². The number of hydrogen-bond acceptors (Lipinski definition) is 5. The summed E-state index contributed by atoms with van der Waals surface area (Å²) in [5.41, 5.74) is 5.88. The summed E-state index contributed by atoms with van der Waals surface area (Å²) in [7, 11) is 0. The van der Waals surface area contributed by atoms with E-state index < -0.39 is 0 Å². The van der Waals surface area contributed by atoms with Gasteiger partial charge in [-0.25, -0.2) is 4.98 Å². The van der Waals surface area contributed by atoms with Crippen LogP contribution in [-0.4, -0.2) is 4.98 Å². The average Bonchev–Trinajstić information content (AvgIpc) is 3.34. The van der Waals surface area contributed by atoms with Gasteiger partial charge < -0.3 is 4.90 Å². The number of anilines is 3. The Balaban J connectivity index is 1.41. The second-order valence-electron chi connectivity index (χ2n) is 7.82. The number of hydrogen-bond donors (Lipinski definition) is 0. The molecule has 4 aromatic carbocycles. The van der Waals surface area contributed by atoms with Crippen LogP contribution in [0.3, 0.4) is 0 Å². The highest BCUT2D eigenvalue weighted by Gasteiger charge is 2.11. The van der Waals surface area contributed by atoms with Crippen LogP contribution in [0.1, 0.15) is 16.1 Å². The molecule has 0 radical (unpaired) electrons. The first-order chi connectivity index (χ1) is 17.7. The molecule has 0 saturated heterocycles. The number of rotatable bonds is 4. The van der Waals surface area contributed by atoms with Crippen molar-refractivity contribution in [1.82, 2.24) is 4.98 Å². The molecule has 0 atom stereocenters. The highest BCUT2D eigenvalue weighted by atomic mass is 32.1. The fourth-order valence-corrected chi connectivity index (χ4v) is 4.68. The number of allylic oxidation sites excluding steroid dienone is 1. The smallest absolute Gasteiger partial charge is 0.132 e. The van der Waals surface area contributed by atoms with Gasteiger partial charge in [0, 0.05) is 34.3 Å². The van der Waals surface area contributed by atoms with Gasteiger partial charge in [0.05, 0.1) is 10.2 Å². The van der Waals surface area contributed by atoms with Gasteiger partial charge in [-0.15, -0.1) is 11.3 Å². The lowest BCUT2D eigenvalue weighted by Crippen LogP contribution is -2.09. The van der Waals surface area contributed by atoms with Crippen LogP contribution >= 0.6 is 11.3 Å². The molecule has 4 nitrogen and oxygen atoms in total. The van der Waals surface area contributed by atoms with Crippen LogP contribution in [0.15, 0.2) is 109 Å². The Bertz CT molecular complexity index is 1640. The highest BCUT2D eigenvalue weighted by molar-refractivity contribution is 7.19. The Labute approximate surface area is 213 Å². The minimum absolute atomic E-state index is 0.0376. The molecule has 0 aliphatic carbocycles. The van der Waals surface area contributed by atoms with Crippen molar-refractivity contribution in [3.8, 4) is 24.0 Å². The van der Waals surface area contributed by atoms with Crippen molar-refractivity contribution in [1.29, 1.82) is 10.5 Å². The van der Waals surface area contributed by atoms with E-state index >= 15 is 0 Å². The Morgan fingerprint density at radius 1 is 0.694 bits per heavy atom. The minimum atomic E-state index is 0.0376. The summed E-state index contributed by atoms with van der Waals surface area (Å²) in [5.74, 6) is 6.48. The van der Waals surface area contributed by atoms with Crippen molar-refractivity contribution in [2.45, 2.75) is 0 Å². The molecule has 5 heteroatoms. The van der Waals surface area contributed by atoms with E-state index in [9.17, 15) is 0 Å². The lowest BCUT2D eigenvalue weighted by atomic mass is 10.1. The maximum Gasteiger partial charge on any atom is 0.132 e. The van der Waals surface area contributed by atoms with Crippen LogP contribution in [0.2, 0.25) is 0 Å². The number of para-hydroxylation sites is 2. The van der Waals surface area contributed by atoms with Gasteiger partial charge in [-0.2, -0.15) is 10.5 Å². The number of thiazole rings is 1. The zero-order chi connectivity index (χ0) is 24.7. The van der Waals surface area contributed by atoms with Crippen LogP contribution in [0.5, 0.6) is 0 Å². The van der Waals surface area contributed by atoms with Gasteiger partial charge in [0.1, 0.15) is 22.7 Å². The summed E-state index contributed by atoms with van der Waals surface area (Å²) in [6, 6.07) is 38.3. The molecule has 5 rings (SSSR count). The fraction of sp³-hybridized carbons (Fsp3) is 0.